The van der Waals surface area contributed by atoms with Crippen molar-refractivity contribution in [3.05, 3.63) is 89.5 Å². The molecule has 7 heteroatoms. The summed E-state index contributed by atoms with van der Waals surface area (Å²) in [6.07, 6.45) is 0.854. The fraction of sp³-hybridized carbons (Fsp3) is 0.192. The van der Waals surface area contributed by atoms with Gasteiger partial charge < -0.3 is 20.9 Å². The molecule has 0 atom stereocenters. The Hall–Kier alpha value is -4.13. The van der Waals surface area contributed by atoms with E-state index >= 15 is 0 Å². The molecule has 0 saturated carbocycles. The first-order valence-electron chi connectivity index (χ1n) is 10.9. The summed E-state index contributed by atoms with van der Waals surface area (Å²) in [7, 11) is 0. The summed E-state index contributed by atoms with van der Waals surface area (Å²) in [5.41, 5.74) is 4.35. The van der Waals surface area contributed by atoms with E-state index in [-0.39, 0.29) is 23.9 Å². The molecule has 0 aliphatic carbocycles. The van der Waals surface area contributed by atoms with Crippen molar-refractivity contribution >= 4 is 34.9 Å². The second-order valence-electron chi connectivity index (χ2n) is 8.20. The second-order valence-corrected chi connectivity index (χ2v) is 8.20. The largest absolute Gasteiger partial charge is 0.336 e. The van der Waals surface area contributed by atoms with Crippen molar-refractivity contribution in [3.63, 3.8) is 0 Å². The highest BCUT2D eigenvalue weighted by atomic mass is 16.2. The van der Waals surface area contributed by atoms with E-state index < -0.39 is 0 Å². The summed E-state index contributed by atoms with van der Waals surface area (Å²) < 4.78 is 0. The number of rotatable bonds is 5. The van der Waals surface area contributed by atoms with Crippen LogP contribution in [0.3, 0.4) is 0 Å². The summed E-state index contributed by atoms with van der Waals surface area (Å²) in [4.78, 5) is 39.1. The number of anilines is 3. The number of hydrogen-bond donors (Lipinski definition) is 3. The first kappa shape index (κ1) is 22.1. The molecular weight excluding hydrogens is 416 g/mol. The second kappa shape index (κ2) is 9.56. The normalized spacial score (nSPS) is 12.3. The molecule has 1 heterocycles. The zero-order valence-corrected chi connectivity index (χ0v) is 18.6. The van der Waals surface area contributed by atoms with E-state index in [4.69, 9.17) is 0 Å². The van der Waals surface area contributed by atoms with Crippen LogP contribution in [0.25, 0.3) is 0 Å². The van der Waals surface area contributed by atoms with Gasteiger partial charge in [0, 0.05) is 40.8 Å². The third kappa shape index (κ3) is 5.20. The van der Waals surface area contributed by atoms with Crippen LogP contribution in [0.2, 0.25) is 0 Å². The van der Waals surface area contributed by atoms with E-state index in [0.29, 0.717) is 29.0 Å². The number of nitrogens with zero attached hydrogens (tertiary/aromatic N) is 1. The summed E-state index contributed by atoms with van der Waals surface area (Å²) in [5, 5.41) is 8.29. The van der Waals surface area contributed by atoms with Crippen LogP contribution in [0.5, 0.6) is 0 Å². The van der Waals surface area contributed by atoms with Crippen molar-refractivity contribution in [2.24, 2.45) is 0 Å². The van der Waals surface area contributed by atoms with Crippen molar-refractivity contribution < 1.29 is 14.4 Å². The lowest BCUT2D eigenvalue weighted by atomic mass is 10.1. The van der Waals surface area contributed by atoms with E-state index in [9.17, 15) is 14.4 Å². The number of amides is 4. The maximum Gasteiger partial charge on any atom is 0.319 e. The minimum atomic E-state index is -0.297. The van der Waals surface area contributed by atoms with Crippen LogP contribution in [0.15, 0.2) is 72.8 Å². The van der Waals surface area contributed by atoms with E-state index in [2.05, 4.69) is 16.0 Å². The summed E-state index contributed by atoms with van der Waals surface area (Å²) >= 11 is 0. The fourth-order valence-corrected chi connectivity index (χ4v) is 3.74. The maximum absolute atomic E-state index is 12.9. The number of carbonyl (C=O) groups excluding carboxylic acids is 3. The summed E-state index contributed by atoms with van der Waals surface area (Å²) in [5.74, 6) is -0.330. The van der Waals surface area contributed by atoms with Gasteiger partial charge in [0.2, 0.25) is 0 Å². The molecule has 4 rings (SSSR count). The van der Waals surface area contributed by atoms with Crippen LogP contribution in [-0.2, 0) is 6.42 Å². The Morgan fingerprint density at radius 1 is 0.788 bits per heavy atom. The Balaban J connectivity index is 1.36. The van der Waals surface area contributed by atoms with E-state index in [0.717, 1.165) is 12.1 Å². The minimum Gasteiger partial charge on any atom is -0.336 e. The molecule has 33 heavy (non-hydrogen) atoms. The Kier molecular flexibility index (Phi) is 6.40. The third-order valence-electron chi connectivity index (χ3n) is 5.35. The molecule has 0 aromatic heterocycles. The molecule has 0 radical (unpaired) electrons. The lowest BCUT2D eigenvalue weighted by Gasteiger charge is -2.17. The van der Waals surface area contributed by atoms with Crippen molar-refractivity contribution in [2.45, 2.75) is 26.3 Å². The van der Waals surface area contributed by atoms with Gasteiger partial charge in [0.1, 0.15) is 0 Å². The zero-order chi connectivity index (χ0) is 23.4. The third-order valence-corrected chi connectivity index (χ3v) is 5.35. The first-order valence-corrected chi connectivity index (χ1v) is 10.9. The van der Waals surface area contributed by atoms with Crippen LogP contribution in [-0.4, -0.2) is 30.4 Å². The molecule has 1 aliphatic heterocycles. The van der Waals surface area contributed by atoms with Crippen LogP contribution < -0.4 is 20.9 Å². The van der Waals surface area contributed by atoms with Gasteiger partial charge in [-0.3, -0.25) is 9.59 Å². The van der Waals surface area contributed by atoms with Gasteiger partial charge in [-0.2, -0.15) is 0 Å². The van der Waals surface area contributed by atoms with Crippen molar-refractivity contribution in [3.8, 4) is 0 Å². The number of hydrogen-bond acceptors (Lipinski definition) is 3. The average molecular weight is 443 g/mol. The monoisotopic (exact) mass is 442 g/mol. The topological polar surface area (TPSA) is 90.5 Å². The summed E-state index contributed by atoms with van der Waals surface area (Å²) in [6.45, 7) is 4.42. The Labute approximate surface area is 192 Å². The molecular formula is C26H26N4O3. The van der Waals surface area contributed by atoms with Gasteiger partial charge in [0.25, 0.3) is 11.8 Å². The van der Waals surface area contributed by atoms with Gasteiger partial charge >= 0.3 is 6.03 Å². The fourth-order valence-electron chi connectivity index (χ4n) is 3.74. The lowest BCUT2D eigenvalue weighted by molar-refractivity contribution is 0.0988. The molecule has 3 N–H and O–H groups in total. The Bertz CT molecular complexity index is 1170. The van der Waals surface area contributed by atoms with Gasteiger partial charge in [-0.1, -0.05) is 18.2 Å². The number of urea groups is 1. The number of nitrogens with one attached hydrogen (secondary N) is 3. The standard InChI is InChI=1S/C26H26N4O3/c1-17(2)27-26(33)29-22-11-7-19(8-12-22)24(31)28-21-13-9-20(10-14-21)25(32)30-16-15-18-5-3-4-6-23(18)30/h3-14,17H,15-16H2,1-2H3,(H,28,31)(H2,27,29,33). The van der Waals surface area contributed by atoms with Crippen molar-refractivity contribution in [2.75, 3.05) is 22.1 Å². The first-order chi connectivity index (χ1) is 15.9. The highest BCUT2D eigenvalue weighted by Crippen LogP contribution is 2.29. The molecule has 3 aromatic carbocycles. The highest BCUT2D eigenvalue weighted by Gasteiger charge is 2.25. The number of carbonyl (C=O) groups is 3. The lowest BCUT2D eigenvalue weighted by Crippen LogP contribution is -2.34. The van der Waals surface area contributed by atoms with Gasteiger partial charge in [-0.05, 0) is 80.4 Å². The van der Waals surface area contributed by atoms with Crippen LogP contribution in [0, 0.1) is 0 Å². The van der Waals surface area contributed by atoms with Crippen LogP contribution in [0.1, 0.15) is 40.1 Å². The number of para-hydroxylation sites is 1. The van der Waals surface area contributed by atoms with Crippen molar-refractivity contribution in [1.82, 2.24) is 5.32 Å². The average Bonchev–Trinajstić information content (AvgIpc) is 3.23. The molecule has 7 nitrogen and oxygen atoms in total. The van der Waals surface area contributed by atoms with Gasteiger partial charge in [-0.15, -0.1) is 0 Å². The molecule has 0 saturated heterocycles. The van der Waals surface area contributed by atoms with Gasteiger partial charge in [-0.25, -0.2) is 4.79 Å². The van der Waals surface area contributed by atoms with Gasteiger partial charge in [0.15, 0.2) is 0 Å². The van der Waals surface area contributed by atoms with Crippen LogP contribution >= 0.6 is 0 Å². The van der Waals surface area contributed by atoms with Crippen LogP contribution in [0.4, 0.5) is 21.9 Å². The molecule has 1 aliphatic rings. The summed E-state index contributed by atoms with van der Waals surface area (Å²) in [6, 6.07) is 21.2. The Morgan fingerprint density at radius 2 is 1.39 bits per heavy atom. The SMILES string of the molecule is CC(C)NC(=O)Nc1ccc(C(=O)Nc2ccc(C(=O)N3CCc4ccccc43)cc2)cc1. The smallest absolute Gasteiger partial charge is 0.319 e. The number of benzene rings is 3. The van der Waals surface area contributed by atoms with E-state index in [1.165, 1.54) is 5.56 Å². The predicted octanol–water partition coefficient (Wildman–Crippen LogP) is 4.67. The minimum absolute atomic E-state index is 0.0305. The van der Waals surface area contributed by atoms with E-state index in [1.807, 2.05) is 38.1 Å². The quantitative estimate of drug-likeness (QED) is 0.536. The van der Waals surface area contributed by atoms with Crippen molar-refractivity contribution in [1.29, 1.82) is 0 Å². The molecule has 4 amide bonds. The zero-order valence-electron chi connectivity index (χ0n) is 18.6. The van der Waals surface area contributed by atoms with Gasteiger partial charge in [0.05, 0.1) is 0 Å². The van der Waals surface area contributed by atoms with E-state index in [1.54, 1.807) is 53.4 Å². The predicted molar refractivity (Wildman–Crippen MR) is 130 cm³/mol. The molecule has 0 bridgehead atoms. The Morgan fingerprint density at radius 3 is 2.06 bits per heavy atom. The molecule has 3 aromatic rings. The molecule has 168 valence electrons. The number of fused-ring (bicyclic) bond motifs is 1. The molecule has 0 fully saturated rings. The molecule has 0 unspecified atom stereocenters. The maximum atomic E-state index is 12.9. The molecule has 0 spiro atoms. The highest BCUT2D eigenvalue weighted by molar-refractivity contribution is 6.08.